The number of benzene rings is 1. The standard InChI is InChI=1S/C16H22N4/c1-11-3-4-13-14(9-11)16(19-10-15(13)18-2)20-7-5-12(17)6-8-20/h3-4,9-10,12,18H,5-8,17H2,1-2H3. The van der Waals surface area contributed by atoms with Crippen LogP contribution in [0.3, 0.4) is 0 Å². The molecule has 1 aromatic heterocycles. The van der Waals surface area contributed by atoms with Gasteiger partial charge in [0, 0.05) is 37.0 Å². The first kappa shape index (κ1) is 13.2. The summed E-state index contributed by atoms with van der Waals surface area (Å²) in [6, 6.07) is 6.90. The van der Waals surface area contributed by atoms with Crippen LogP contribution in [0.25, 0.3) is 10.8 Å². The van der Waals surface area contributed by atoms with Gasteiger partial charge < -0.3 is 16.0 Å². The average molecular weight is 270 g/mol. The zero-order valence-corrected chi connectivity index (χ0v) is 12.2. The van der Waals surface area contributed by atoms with Crippen molar-refractivity contribution < 1.29 is 0 Å². The van der Waals surface area contributed by atoms with Crippen LogP contribution in [0.5, 0.6) is 0 Å². The Morgan fingerprint density at radius 2 is 2.00 bits per heavy atom. The number of hydrogen-bond donors (Lipinski definition) is 2. The van der Waals surface area contributed by atoms with Crippen LogP contribution in [-0.4, -0.2) is 31.2 Å². The highest BCUT2D eigenvalue weighted by Crippen LogP contribution is 2.31. The molecular weight excluding hydrogens is 248 g/mol. The van der Waals surface area contributed by atoms with E-state index in [0.717, 1.165) is 37.4 Å². The van der Waals surface area contributed by atoms with E-state index in [-0.39, 0.29) is 0 Å². The van der Waals surface area contributed by atoms with Gasteiger partial charge in [0.2, 0.25) is 0 Å². The van der Waals surface area contributed by atoms with E-state index < -0.39 is 0 Å². The molecule has 0 bridgehead atoms. The van der Waals surface area contributed by atoms with Gasteiger partial charge in [0.15, 0.2) is 0 Å². The van der Waals surface area contributed by atoms with E-state index in [2.05, 4.69) is 35.3 Å². The molecule has 0 spiro atoms. The summed E-state index contributed by atoms with van der Waals surface area (Å²) < 4.78 is 0. The van der Waals surface area contributed by atoms with E-state index in [1.807, 2.05) is 13.2 Å². The Hall–Kier alpha value is -1.81. The molecule has 1 aliphatic heterocycles. The zero-order chi connectivity index (χ0) is 14.1. The van der Waals surface area contributed by atoms with Crippen molar-refractivity contribution in [3.63, 3.8) is 0 Å². The Balaban J connectivity index is 2.09. The number of piperidine rings is 1. The summed E-state index contributed by atoms with van der Waals surface area (Å²) in [5, 5.41) is 5.69. The van der Waals surface area contributed by atoms with Crippen molar-refractivity contribution in [2.45, 2.75) is 25.8 Å². The Bertz CT molecular complexity index is 615. The Morgan fingerprint density at radius 3 is 2.70 bits per heavy atom. The summed E-state index contributed by atoms with van der Waals surface area (Å²) in [4.78, 5) is 7.06. The van der Waals surface area contributed by atoms with Crippen molar-refractivity contribution in [2.24, 2.45) is 5.73 Å². The largest absolute Gasteiger partial charge is 0.386 e. The van der Waals surface area contributed by atoms with E-state index in [1.165, 1.54) is 16.3 Å². The predicted molar refractivity (Wildman–Crippen MR) is 85.4 cm³/mol. The summed E-state index contributed by atoms with van der Waals surface area (Å²) in [7, 11) is 1.94. The monoisotopic (exact) mass is 270 g/mol. The molecule has 0 atom stereocenters. The van der Waals surface area contributed by atoms with Gasteiger partial charge in [0.1, 0.15) is 5.82 Å². The smallest absolute Gasteiger partial charge is 0.136 e. The van der Waals surface area contributed by atoms with E-state index in [1.54, 1.807) is 0 Å². The van der Waals surface area contributed by atoms with Crippen LogP contribution < -0.4 is 16.0 Å². The van der Waals surface area contributed by atoms with Crippen LogP contribution in [0, 0.1) is 6.92 Å². The number of aryl methyl sites for hydroxylation is 1. The molecule has 4 nitrogen and oxygen atoms in total. The molecular formula is C16H22N4. The Kier molecular flexibility index (Phi) is 3.49. The van der Waals surface area contributed by atoms with Crippen molar-refractivity contribution in [2.75, 3.05) is 30.4 Å². The van der Waals surface area contributed by atoms with Crippen LogP contribution in [-0.2, 0) is 0 Å². The minimum atomic E-state index is 0.343. The van der Waals surface area contributed by atoms with Gasteiger partial charge in [-0.25, -0.2) is 4.98 Å². The lowest BCUT2D eigenvalue weighted by Gasteiger charge is -2.32. The van der Waals surface area contributed by atoms with Gasteiger partial charge in [-0.2, -0.15) is 0 Å². The van der Waals surface area contributed by atoms with Crippen LogP contribution in [0.2, 0.25) is 0 Å². The molecule has 3 N–H and O–H groups in total. The predicted octanol–water partition coefficient (Wildman–Crippen LogP) is 2.51. The van der Waals surface area contributed by atoms with Crippen LogP contribution in [0.15, 0.2) is 24.4 Å². The number of fused-ring (bicyclic) bond motifs is 1. The normalized spacial score (nSPS) is 16.6. The quantitative estimate of drug-likeness (QED) is 0.880. The minimum Gasteiger partial charge on any atom is -0.386 e. The van der Waals surface area contributed by atoms with Gasteiger partial charge in [-0.3, -0.25) is 0 Å². The molecule has 0 unspecified atom stereocenters. The molecule has 3 rings (SSSR count). The SMILES string of the molecule is CNc1cnc(N2CCC(N)CC2)c2cc(C)ccc12. The summed E-state index contributed by atoms with van der Waals surface area (Å²) in [5.41, 5.74) is 8.35. The molecule has 2 heterocycles. The fourth-order valence-corrected chi connectivity index (χ4v) is 2.91. The summed E-state index contributed by atoms with van der Waals surface area (Å²) in [6.45, 7) is 4.12. The Labute approximate surface area is 120 Å². The van der Waals surface area contributed by atoms with E-state index in [0.29, 0.717) is 6.04 Å². The molecule has 106 valence electrons. The summed E-state index contributed by atoms with van der Waals surface area (Å²) in [6.07, 6.45) is 4.02. The highest BCUT2D eigenvalue weighted by molar-refractivity contribution is 6.00. The molecule has 1 saturated heterocycles. The lowest BCUT2D eigenvalue weighted by Crippen LogP contribution is -2.40. The Morgan fingerprint density at radius 1 is 1.25 bits per heavy atom. The van der Waals surface area contributed by atoms with Gasteiger partial charge in [0.25, 0.3) is 0 Å². The zero-order valence-electron chi connectivity index (χ0n) is 12.2. The van der Waals surface area contributed by atoms with Gasteiger partial charge in [-0.05, 0) is 25.8 Å². The van der Waals surface area contributed by atoms with Crippen molar-refractivity contribution in [3.8, 4) is 0 Å². The number of rotatable bonds is 2. The first-order chi connectivity index (χ1) is 9.69. The summed E-state index contributed by atoms with van der Waals surface area (Å²) in [5.74, 6) is 1.09. The molecule has 0 radical (unpaired) electrons. The third-order valence-electron chi connectivity index (χ3n) is 4.13. The maximum absolute atomic E-state index is 6.00. The second kappa shape index (κ2) is 5.29. The third kappa shape index (κ3) is 2.31. The first-order valence-electron chi connectivity index (χ1n) is 7.26. The molecule has 2 aromatic rings. The third-order valence-corrected chi connectivity index (χ3v) is 4.13. The second-order valence-corrected chi connectivity index (χ2v) is 5.62. The number of pyridine rings is 1. The lowest BCUT2D eigenvalue weighted by molar-refractivity contribution is 0.499. The topological polar surface area (TPSA) is 54.2 Å². The fraction of sp³-hybridized carbons (Fsp3) is 0.438. The number of anilines is 2. The second-order valence-electron chi connectivity index (χ2n) is 5.62. The van der Waals surface area contributed by atoms with Crippen LogP contribution in [0.4, 0.5) is 11.5 Å². The first-order valence-corrected chi connectivity index (χ1v) is 7.26. The van der Waals surface area contributed by atoms with Crippen molar-refractivity contribution in [1.29, 1.82) is 0 Å². The van der Waals surface area contributed by atoms with Crippen LogP contribution >= 0.6 is 0 Å². The van der Waals surface area contributed by atoms with Crippen molar-refractivity contribution in [3.05, 3.63) is 30.0 Å². The van der Waals surface area contributed by atoms with Gasteiger partial charge in [-0.1, -0.05) is 17.7 Å². The molecule has 1 aromatic carbocycles. The van der Waals surface area contributed by atoms with Crippen molar-refractivity contribution >= 4 is 22.3 Å². The highest BCUT2D eigenvalue weighted by atomic mass is 15.2. The number of nitrogens with one attached hydrogen (secondary N) is 1. The van der Waals surface area contributed by atoms with E-state index in [4.69, 9.17) is 10.7 Å². The van der Waals surface area contributed by atoms with E-state index in [9.17, 15) is 0 Å². The fourth-order valence-electron chi connectivity index (χ4n) is 2.91. The highest BCUT2D eigenvalue weighted by Gasteiger charge is 2.19. The molecule has 1 fully saturated rings. The molecule has 0 amide bonds. The molecule has 1 aliphatic rings. The number of aromatic nitrogens is 1. The van der Waals surface area contributed by atoms with Crippen molar-refractivity contribution in [1.82, 2.24) is 4.98 Å². The number of hydrogen-bond acceptors (Lipinski definition) is 4. The maximum atomic E-state index is 6.00. The van der Waals surface area contributed by atoms with Gasteiger partial charge >= 0.3 is 0 Å². The van der Waals surface area contributed by atoms with Gasteiger partial charge in [-0.15, -0.1) is 0 Å². The molecule has 0 aliphatic carbocycles. The van der Waals surface area contributed by atoms with Gasteiger partial charge in [0.05, 0.1) is 11.9 Å². The van der Waals surface area contributed by atoms with Crippen LogP contribution in [0.1, 0.15) is 18.4 Å². The number of nitrogens with two attached hydrogens (primary N) is 1. The maximum Gasteiger partial charge on any atom is 0.136 e. The lowest BCUT2D eigenvalue weighted by atomic mass is 10.0. The number of nitrogens with zero attached hydrogens (tertiary/aromatic N) is 2. The molecule has 0 saturated carbocycles. The summed E-state index contributed by atoms with van der Waals surface area (Å²) >= 11 is 0. The molecule has 4 heteroatoms. The van der Waals surface area contributed by atoms with E-state index >= 15 is 0 Å². The molecule has 20 heavy (non-hydrogen) atoms. The average Bonchev–Trinajstić information content (AvgIpc) is 2.47. The minimum absolute atomic E-state index is 0.343.